The van der Waals surface area contributed by atoms with E-state index in [4.69, 9.17) is 0 Å². The van der Waals surface area contributed by atoms with Crippen LogP contribution in [0.15, 0.2) is 6.07 Å². The zero-order valence-electron chi connectivity index (χ0n) is 9.67. The van der Waals surface area contributed by atoms with E-state index in [1.54, 1.807) is 0 Å². The molecule has 1 aromatic heterocycles. The quantitative estimate of drug-likeness (QED) is 0.729. The molecular formula is C11H21N3. The molecule has 1 heterocycles. The molecule has 0 fully saturated rings. The summed E-state index contributed by atoms with van der Waals surface area (Å²) in [5.74, 6) is 0. The number of nitrogens with zero attached hydrogens (tertiary/aromatic N) is 2. The van der Waals surface area contributed by atoms with Gasteiger partial charge in [0, 0.05) is 11.7 Å². The summed E-state index contributed by atoms with van der Waals surface area (Å²) >= 11 is 0. The van der Waals surface area contributed by atoms with Gasteiger partial charge >= 0.3 is 0 Å². The summed E-state index contributed by atoms with van der Waals surface area (Å²) in [7, 11) is 1.99. The number of rotatable bonds is 5. The molecule has 0 spiro atoms. The van der Waals surface area contributed by atoms with Gasteiger partial charge in [-0.3, -0.25) is 4.68 Å². The van der Waals surface area contributed by atoms with E-state index in [9.17, 15) is 0 Å². The molecule has 0 amide bonds. The fraction of sp³-hybridized carbons (Fsp3) is 0.727. The van der Waals surface area contributed by atoms with E-state index in [0.29, 0.717) is 6.04 Å². The SMILES string of the molecule is CNCCCC(C)n1nc(C)cc1C. The third-order valence-corrected chi connectivity index (χ3v) is 2.51. The second-order valence-electron chi connectivity index (χ2n) is 3.97. The molecule has 1 N–H and O–H groups in total. The van der Waals surface area contributed by atoms with Gasteiger partial charge in [-0.25, -0.2) is 0 Å². The molecule has 14 heavy (non-hydrogen) atoms. The number of nitrogens with one attached hydrogen (secondary N) is 1. The van der Waals surface area contributed by atoms with Crippen molar-refractivity contribution in [2.75, 3.05) is 13.6 Å². The molecule has 0 bridgehead atoms. The second-order valence-corrected chi connectivity index (χ2v) is 3.97. The van der Waals surface area contributed by atoms with Crippen molar-refractivity contribution in [3.63, 3.8) is 0 Å². The highest BCUT2D eigenvalue weighted by atomic mass is 15.3. The van der Waals surface area contributed by atoms with Crippen LogP contribution in [0.1, 0.15) is 37.2 Å². The topological polar surface area (TPSA) is 29.9 Å². The van der Waals surface area contributed by atoms with Gasteiger partial charge in [-0.2, -0.15) is 5.10 Å². The van der Waals surface area contributed by atoms with Gasteiger partial charge in [0.25, 0.3) is 0 Å². The van der Waals surface area contributed by atoms with E-state index in [1.165, 1.54) is 18.5 Å². The lowest BCUT2D eigenvalue weighted by molar-refractivity contribution is 0.433. The first kappa shape index (κ1) is 11.2. The van der Waals surface area contributed by atoms with Gasteiger partial charge in [0.05, 0.1) is 5.69 Å². The highest BCUT2D eigenvalue weighted by Crippen LogP contribution is 2.15. The second kappa shape index (κ2) is 5.15. The normalized spacial score (nSPS) is 13.1. The van der Waals surface area contributed by atoms with E-state index in [-0.39, 0.29) is 0 Å². The van der Waals surface area contributed by atoms with Gasteiger partial charge in [0.15, 0.2) is 0 Å². The summed E-state index contributed by atoms with van der Waals surface area (Å²) in [5, 5.41) is 7.65. The summed E-state index contributed by atoms with van der Waals surface area (Å²) in [6, 6.07) is 2.64. The van der Waals surface area contributed by atoms with Crippen LogP contribution in [0.3, 0.4) is 0 Å². The molecule has 1 rings (SSSR count). The van der Waals surface area contributed by atoms with Crippen LogP contribution in [0.5, 0.6) is 0 Å². The van der Waals surface area contributed by atoms with Gasteiger partial charge in [-0.15, -0.1) is 0 Å². The van der Waals surface area contributed by atoms with E-state index in [1.807, 2.05) is 14.0 Å². The van der Waals surface area contributed by atoms with Crippen LogP contribution < -0.4 is 5.32 Å². The monoisotopic (exact) mass is 195 g/mol. The van der Waals surface area contributed by atoms with Crippen molar-refractivity contribution >= 4 is 0 Å². The van der Waals surface area contributed by atoms with Crippen LogP contribution >= 0.6 is 0 Å². The Labute approximate surface area is 86.5 Å². The molecule has 80 valence electrons. The third-order valence-electron chi connectivity index (χ3n) is 2.51. The lowest BCUT2D eigenvalue weighted by Gasteiger charge is -2.13. The number of hydrogen-bond acceptors (Lipinski definition) is 2. The van der Waals surface area contributed by atoms with Crippen molar-refractivity contribution in [2.45, 2.75) is 39.7 Å². The van der Waals surface area contributed by atoms with E-state index >= 15 is 0 Å². The van der Waals surface area contributed by atoms with Gasteiger partial charge < -0.3 is 5.32 Å². The molecule has 3 heteroatoms. The standard InChI is InChI=1S/C11H21N3/c1-9-8-11(3)14(13-9)10(2)6-5-7-12-4/h8,10,12H,5-7H2,1-4H3. The zero-order valence-corrected chi connectivity index (χ0v) is 9.67. The van der Waals surface area contributed by atoms with Gasteiger partial charge in [0.2, 0.25) is 0 Å². The predicted molar refractivity (Wildman–Crippen MR) is 59.6 cm³/mol. The zero-order chi connectivity index (χ0) is 10.6. The fourth-order valence-corrected chi connectivity index (χ4v) is 1.79. The summed E-state index contributed by atoms with van der Waals surface area (Å²) in [6.45, 7) is 7.48. The van der Waals surface area contributed by atoms with Crippen molar-refractivity contribution in [2.24, 2.45) is 0 Å². The molecule has 1 aromatic rings. The third kappa shape index (κ3) is 2.84. The Morgan fingerprint density at radius 2 is 2.21 bits per heavy atom. The van der Waals surface area contributed by atoms with Crippen molar-refractivity contribution in [1.82, 2.24) is 15.1 Å². The molecule has 0 aromatic carbocycles. The largest absolute Gasteiger partial charge is 0.320 e. The van der Waals surface area contributed by atoms with E-state index < -0.39 is 0 Å². The minimum atomic E-state index is 0.511. The van der Waals surface area contributed by atoms with Crippen LogP contribution in [-0.4, -0.2) is 23.4 Å². The molecule has 0 aliphatic rings. The summed E-state index contributed by atoms with van der Waals surface area (Å²) in [5.41, 5.74) is 2.38. The molecule has 0 aliphatic carbocycles. The molecule has 0 aliphatic heterocycles. The highest BCUT2D eigenvalue weighted by molar-refractivity contribution is 5.07. The van der Waals surface area contributed by atoms with E-state index in [0.717, 1.165) is 12.2 Å². The molecule has 1 unspecified atom stereocenters. The van der Waals surface area contributed by atoms with Crippen molar-refractivity contribution in [3.05, 3.63) is 17.5 Å². The Hall–Kier alpha value is -0.830. The first-order valence-corrected chi connectivity index (χ1v) is 5.32. The van der Waals surface area contributed by atoms with Crippen molar-refractivity contribution in [1.29, 1.82) is 0 Å². The highest BCUT2D eigenvalue weighted by Gasteiger charge is 2.08. The van der Waals surface area contributed by atoms with Gasteiger partial charge in [-0.05, 0) is 53.3 Å². The van der Waals surface area contributed by atoms with Crippen molar-refractivity contribution < 1.29 is 0 Å². The Morgan fingerprint density at radius 3 is 2.71 bits per heavy atom. The maximum Gasteiger partial charge on any atom is 0.0596 e. The maximum absolute atomic E-state index is 4.49. The number of aryl methyl sites for hydroxylation is 2. The lowest BCUT2D eigenvalue weighted by Crippen LogP contribution is -2.13. The summed E-state index contributed by atoms with van der Waals surface area (Å²) < 4.78 is 2.13. The summed E-state index contributed by atoms with van der Waals surface area (Å²) in [6.07, 6.45) is 2.39. The number of aromatic nitrogens is 2. The van der Waals surface area contributed by atoms with Crippen LogP contribution in [0, 0.1) is 13.8 Å². The first-order chi connectivity index (χ1) is 6.65. The Bertz CT molecular complexity index is 278. The molecule has 0 saturated heterocycles. The van der Waals surface area contributed by atoms with Crippen LogP contribution in [0.2, 0.25) is 0 Å². The molecule has 0 saturated carbocycles. The Kier molecular flexibility index (Phi) is 4.14. The predicted octanol–water partition coefficient (Wildman–Crippen LogP) is 2.06. The van der Waals surface area contributed by atoms with E-state index in [2.05, 4.69) is 35.0 Å². The fourth-order valence-electron chi connectivity index (χ4n) is 1.79. The van der Waals surface area contributed by atoms with Crippen LogP contribution in [0.25, 0.3) is 0 Å². The smallest absolute Gasteiger partial charge is 0.0596 e. The molecular weight excluding hydrogens is 174 g/mol. The molecule has 1 atom stereocenters. The Morgan fingerprint density at radius 1 is 1.50 bits per heavy atom. The van der Waals surface area contributed by atoms with Crippen LogP contribution in [0.4, 0.5) is 0 Å². The number of hydrogen-bond donors (Lipinski definition) is 1. The molecule has 0 radical (unpaired) electrons. The minimum absolute atomic E-state index is 0.511. The molecule has 3 nitrogen and oxygen atoms in total. The average molecular weight is 195 g/mol. The van der Waals surface area contributed by atoms with Crippen molar-refractivity contribution in [3.8, 4) is 0 Å². The lowest BCUT2D eigenvalue weighted by atomic mass is 10.2. The maximum atomic E-state index is 4.49. The average Bonchev–Trinajstić information content (AvgIpc) is 2.45. The Balaban J connectivity index is 2.51. The van der Waals surface area contributed by atoms with Gasteiger partial charge in [-0.1, -0.05) is 0 Å². The van der Waals surface area contributed by atoms with Crippen LogP contribution in [-0.2, 0) is 0 Å². The first-order valence-electron chi connectivity index (χ1n) is 5.32. The van der Waals surface area contributed by atoms with Gasteiger partial charge in [0.1, 0.15) is 0 Å². The minimum Gasteiger partial charge on any atom is -0.320 e. The summed E-state index contributed by atoms with van der Waals surface area (Å²) in [4.78, 5) is 0.